The van der Waals surface area contributed by atoms with Crippen molar-refractivity contribution in [1.29, 1.82) is 0 Å². The van der Waals surface area contributed by atoms with Gasteiger partial charge in [-0.3, -0.25) is 4.79 Å². The quantitative estimate of drug-likeness (QED) is 0.0703. The van der Waals surface area contributed by atoms with Crippen LogP contribution in [0.3, 0.4) is 0 Å². The molecule has 4 unspecified atom stereocenters. The van der Waals surface area contributed by atoms with Crippen molar-refractivity contribution in [3.05, 3.63) is 29.8 Å². The number of unbranched alkanes of at least 4 members (excludes halogenated alkanes) is 3. The summed E-state index contributed by atoms with van der Waals surface area (Å²) in [6, 6.07) is 7.37. The van der Waals surface area contributed by atoms with Gasteiger partial charge in [0.1, 0.15) is 40.1 Å². The fourth-order valence-corrected chi connectivity index (χ4v) is 6.86. The predicted molar refractivity (Wildman–Crippen MR) is 201 cm³/mol. The maximum Gasteiger partial charge on any atom is 1.00 e. The Labute approximate surface area is 312 Å². The van der Waals surface area contributed by atoms with Crippen LogP contribution in [0.1, 0.15) is 129 Å². The third-order valence-corrected chi connectivity index (χ3v) is 10.5. The van der Waals surface area contributed by atoms with Crippen LogP contribution in [-0.2, 0) is 0 Å². The summed E-state index contributed by atoms with van der Waals surface area (Å²) in [6.07, 6.45) is 13.5. The van der Waals surface area contributed by atoms with E-state index >= 15 is 0 Å². The smallest absolute Gasteiger partial charge is 0.496 e. The summed E-state index contributed by atoms with van der Waals surface area (Å²) in [5.74, 6) is 4.71. The van der Waals surface area contributed by atoms with E-state index in [1.54, 1.807) is 33.5 Å². The topological polar surface area (TPSA) is 72.5 Å². The van der Waals surface area contributed by atoms with Gasteiger partial charge in [-0.1, -0.05) is 99.3 Å². The van der Waals surface area contributed by atoms with Gasteiger partial charge in [-0.05, 0) is 45.6 Å². The zero-order valence-corrected chi connectivity index (χ0v) is 33.5. The molecule has 272 valence electrons. The third-order valence-electron chi connectivity index (χ3n) is 9.28. The fraction of sp³-hybridized carbons (Fsp3) is 0.675. The number of benzene rings is 2. The van der Waals surface area contributed by atoms with Crippen LogP contribution in [0, 0.1) is 17.8 Å². The first kappa shape index (κ1) is 45.0. The van der Waals surface area contributed by atoms with E-state index in [9.17, 15) is 4.79 Å². The van der Waals surface area contributed by atoms with Crippen LogP contribution in [0.15, 0.2) is 24.3 Å². The van der Waals surface area contributed by atoms with Crippen LogP contribution in [0.2, 0.25) is 0 Å². The number of rotatable bonds is 27. The van der Waals surface area contributed by atoms with Gasteiger partial charge >= 0.3 is 18.9 Å². The molecule has 0 bridgehead atoms. The Hall–Kier alpha value is -2.06. The van der Waals surface area contributed by atoms with Gasteiger partial charge in [0.25, 0.3) is 0 Å². The van der Waals surface area contributed by atoms with Gasteiger partial charge in [0.05, 0.1) is 46.5 Å². The fourth-order valence-electron chi connectivity index (χ4n) is 5.73. The molecule has 0 aliphatic carbocycles. The van der Waals surface area contributed by atoms with E-state index in [0.717, 1.165) is 75.3 Å². The van der Waals surface area contributed by atoms with Crippen LogP contribution in [0.25, 0.3) is 0 Å². The molecule has 2 rings (SSSR count). The van der Waals surface area contributed by atoms with Gasteiger partial charge in [-0.25, -0.2) is 0 Å². The molecule has 0 heterocycles. The van der Waals surface area contributed by atoms with Crippen molar-refractivity contribution in [3.63, 3.8) is 0 Å². The summed E-state index contributed by atoms with van der Waals surface area (Å²) < 4.78 is 36.6. The van der Waals surface area contributed by atoms with Gasteiger partial charge in [0, 0.05) is 24.3 Å². The summed E-state index contributed by atoms with van der Waals surface area (Å²) >= 11 is 0. The van der Waals surface area contributed by atoms with E-state index < -0.39 is 0 Å². The van der Waals surface area contributed by atoms with Crippen LogP contribution in [0.4, 0.5) is 0 Å². The largest absolute Gasteiger partial charge is 1.00 e. The Balaban J connectivity index is 0.0000120. The molecule has 0 saturated carbocycles. The number of carbonyl (C=O) groups is 1. The number of ether oxygens (including phenoxy) is 6. The van der Waals surface area contributed by atoms with E-state index in [-0.39, 0.29) is 33.0 Å². The molecule has 0 spiro atoms. The maximum atomic E-state index is 14.3. The van der Waals surface area contributed by atoms with Crippen molar-refractivity contribution in [1.82, 2.24) is 0 Å². The number of hydrogen-bond acceptors (Lipinski definition) is 7. The number of carbonyl (C=O) groups excluding carboxylic acids is 1. The minimum atomic E-state index is -0.292. The molecule has 0 aromatic heterocycles. The summed E-state index contributed by atoms with van der Waals surface area (Å²) in [5, 5.41) is 0.751. The average Bonchev–Trinajstić information content (AvgIpc) is 3.11. The average molecular weight is 696 g/mol. The Morgan fingerprint density at radius 1 is 0.571 bits per heavy atom. The zero-order chi connectivity index (χ0) is 35.3. The molecule has 0 radical (unpaired) electrons. The Morgan fingerprint density at radius 3 is 1.31 bits per heavy atom. The maximum absolute atomic E-state index is 14.3. The second-order valence-corrected chi connectivity index (χ2v) is 14.0. The van der Waals surface area contributed by atoms with Crippen LogP contribution in [-0.4, -0.2) is 46.7 Å². The van der Waals surface area contributed by atoms with E-state index in [2.05, 4.69) is 41.5 Å². The molecule has 0 saturated heterocycles. The first-order valence-electron chi connectivity index (χ1n) is 18.5. The zero-order valence-electron chi connectivity index (χ0n) is 32.5. The number of hydrogen-bond donors (Lipinski definition) is 0. The minimum Gasteiger partial charge on any atom is -0.496 e. The van der Waals surface area contributed by atoms with Crippen LogP contribution >= 0.6 is 8.58 Å². The molecule has 9 heteroatoms. The normalized spacial score (nSPS) is 13.0. The summed E-state index contributed by atoms with van der Waals surface area (Å²) in [4.78, 5) is 14.3. The molecule has 0 aliphatic rings. The molecular weight excluding hydrogens is 630 g/mol. The molecule has 2 aromatic carbocycles. The van der Waals surface area contributed by atoms with Crippen LogP contribution in [0.5, 0.6) is 34.5 Å². The van der Waals surface area contributed by atoms with Gasteiger partial charge in [0.2, 0.25) is 0 Å². The van der Waals surface area contributed by atoms with E-state index in [1.165, 1.54) is 12.8 Å². The third kappa shape index (κ3) is 15.0. The van der Waals surface area contributed by atoms with Gasteiger partial charge < -0.3 is 28.4 Å². The molecule has 7 nitrogen and oxygen atoms in total. The van der Waals surface area contributed by atoms with E-state index in [1.807, 2.05) is 12.1 Å². The van der Waals surface area contributed by atoms with Crippen LogP contribution < -0.4 is 52.6 Å². The molecule has 4 atom stereocenters. The molecule has 2 aromatic rings. The van der Waals surface area contributed by atoms with Gasteiger partial charge in [-0.15, -0.1) is 0 Å². The standard InChI is InChI=1S/C40H65O7P.Li/c1-10-16-19-29(13-4)26-45-33-24-36(46-27-30(14-5)20-17-11-2)39(37(25-33)47-28-31(15-6)21-18-12-3)48-40(41)38-34(43-8)22-32(42-7)23-35(38)44-9;/h22-25,29-31,48H,10-21,26-28H2,1-9H3;/q;+1. The molecular formula is C40H65LiO7P+. The van der Waals surface area contributed by atoms with Crippen molar-refractivity contribution >= 4 is 19.4 Å². The van der Waals surface area contributed by atoms with E-state index in [0.29, 0.717) is 71.9 Å². The second kappa shape index (κ2) is 25.8. The van der Waals surface area contributed by atoms with Crippen molar-refractivity contribution in [2.45, 2.75) is 119 Å². The van der Waals surface area contributed by atoms with Gasteiger partial charge in [-0.2, -0.15) is 0 Å². The van der Waals surface area contributed by atoms with Crippen molar-refractivity contribution in [2.24, 2.45) is 17.8 Å². The summed E-state index contributed by atoms with van der Waals surface area (Å²) in [5.41, 5.74) is 0.248. The first-order valence-corrected chi connectivity index (χ1v) is 19.5. The Morgan fingerprint density at radius 2 is 0.959 bits per heavy atom. The summed E-state index contributed by atoms with van der Waals surface area (Å²) in [6.45, 7) is 15.1. The minimum absolute atomic E-state index is 0. The Kier molecular flexibility index (Phi) is 23.7. The molecule has 49 heavy (non-hydrogen) atoms. The van der Waals surface area contributed by atoms with E-state index in [4.69, 9.17) is 28.4 Å². The van der Waals surface area contributed by atoms with Crippen molar-refractivity contribution in [3.8, 4) is 34.5 Å². The SMILES string of the molecule is CCCCC(CC)COc1cc(OCC(CC)CCCC)c(PC(=O)c2c(OC)cc(OC)cc2OC)c(OCC(CC)CCCC)c1.[Li+]. The molecule has 0 amide bonds. The molecule has 0 N–H and O–H groups in total. The first-order chi connectivity index (χ1) is 23.3. The monoisotopic (exact) mass is 695 g/mol. The molecule has 0 aliphatic heterocycles. The van der Waals surface area contributed by atoms with Crippen molar-refractivity contribution < 1.29 is 52.1 Å². The Bertz CT molecular complexity index is 1140. The van der Waals surface area contributed by atoms with Gasteiger partial charge in [0.15, 0.2) is 5.52 Å². The summed E-state index contributed by atoms with van der Waals surface area (Å²) in [7, 11) is 4.39. The number of methoxy groups -OCH3 is 3. The van der Waals surface area contributed by atoms with Crippen molar-refractivity contribution in [2.75, 3.05) is 41.2 Å². The molecule has 0 fully saturated rings. The second-order valence-electron chi connectivity index (χ2n) is 12.8. The predicted octanol–water partition coefficient (Wildman–Crippen LogP) is 7.65.